The fraction of sp³-hybridized carbons (Fsp3) is 0.429. The number of halogens is 1. The van der Waals surface area contributed by atoms with Gasteiger partial charge in [0.05, 0.1) is 16.7 Å². The van der Waals surface area contributed by atoms with Gasteiger partial charge in [-0.1, -0.05) is 29.3 Å². The molecule has 0 heterocycles. The fourth-order valence-electron chi connectivity index (χ4n) is 1.90. The lowest BCUT2D eigenvalue weighted by Gasteiger charge is -2.17. The van der Waals surface area contributed by atoms with Gasteiger partial charge in [-0.25, -0.2) is 4.79 Å². The van der Waals surface area contributed by atoms with E-state index in [4.69, 9.17) is 16.4 Å². The van der Waals surface area contributed by atoms with Crippen molar-refractivity contribution in [2.75, 3.05) is 0 Å². The number of hydrogen-bond acceptors (Lipinski definition) is 3. The Morgan fingerprint density at radius 2 is 2.06 bits per heavy atom. The van der Waals surface area contributed by atoms with E-state index in [-0.39, 0.29) is 5.38 Å². The molecule has 1 aliphatic rings. The largest absolute Gasteiger partial charge is 0.365 e. The van der Waals surface area contributed by atoms with E-state index < -0.39 is 5.97 Å². The second kappa shape index (κ2) is 6.01. The standard InChI is InChI=1S/C14H16ClNO2/c1-10-6-8-11(9-7-10)14(17)18-16-13-5-3-2-4-12(13)15/h6-9,12H,2-5H2,1H3. The Labute approximate surface area is 112 Å². The molecule has 18 heavy (non-hydrogen) atoms. The van der Waals surface area contributed by atoms with Crippen LogP contribution < -0.4 is 0 Å². The van der Waals surface area contributed by atoms with Crippen molar-refractivity contribution in [2.45, 2.75) is 38.0 Å². The molecule has 1 saturated carbocycles. The Morgan fingerprint density at radius 1 is 1.33 bits per heavy atom. The highest BCUT2D eigenvalue weighted by Crippen LogP contribution is 2.20. The van der Waals surface area contributed by atoms with Crippen LogP contribution in [-0.2, 0) is 4.84 Å². The van der Waals surface area contributed by atoms with Crippen molar-refractivity contribution in [3.05, 3.63) is 35.4 Å². The van der Waals surface area contributed by atoms with Crippen LogP contribution in [0.4, 0.5) is 0 Å². The van der Waals surface area contributed by atoms with Gasteiger partial charge in [0.1, 0.15) is 0 Å². The van der Waals surface area contributed by atoms with Gasteiger partial charge in [-0.05, 0) is 38.3 Å². The van der Waals surface area contributed by atoms with E-state index in [2.05, 4.69) is 5.16 Å². The van der Waals surface area contributed by atoms with Crippen molar-refractivity contribution in [2.24, 2.45) is 5.16 Å². The van der Waals surface area contributed by atoms with E-state index in [9.17, 15) is 4.79 Å². The zero-order valence-corrected chi connectivity index (χ0v) is 11.1. The number of carbonyl (C=O) groups is 1. The molecule has 0 radical (unpaired) electrons. The third kappa shape index (κ3) is 3.33. The molecule has 1 fully saturated rings. The summed E-state index contributed by atoms with van der Waals surface area (Å²) in [6.07, 6.45) is 3.89. The normalized spacial score (nSPS) is 21.9. The van der Waals surface area contributed by atoms with Crippen molar-refractivity contribution in [3.8, 4) is 0 Å². The summed E-state index contributed by atoms with van der Waals surface area (Å²) in [6.45, 7) is 1.97. The molecule has 3 nitrogen and oxygen atoms in total. The molecular weight excluding hydrogens is 250 g/mol. The number of rotatable bonds is 2. The van der Waals surface area contributed by atoms with Gasteiger partial charge >= 0.3 is 5.97 Å². The molecule has 96 valence electrons. The summed E-state index contributed by atoms with van der Waals surface area (Å²) in [5, 5.41) is 3.81. The molecule has 1 unspecified atom stereocenters. The van der Waals surface area contributed by atoms with Gasteiger partial charge in [-0.2, -0.15) is 0 Å². The molecule has 0 N–H and O–H groups in total. The fourth-order valence-corrected chi connectivity index (χ4v) is 2.20. The minimum absolute atomic E-state index is 0.0930. The van der Waals surface area contributed by atoms with E-state index in [0.717, 1.165) is 37.0 Å². The van der Waals surface area contributed by atoms with Crippen molar-refractivity contribution in [3.63, 3.8) is 0 Å². The Kier molecular flexibility index (Phi) is 4.37. The van der Waals surface area contributed by atoms with Crippen LogP contribution in [0.5, 0.6) is 0 Å². The average molecular weight is 266 g/mol. The smallest absolute Gasteiger partial charge is 0.313 e. The lowest BCUT2D eigenvalue weighted by Crippen LogP contribution is -2.20. The maximum Gasteiger partial charge on any atom is 0.365 e. The zero-order chi connectivity index (χ0) is 13.0. The Morgan fingerprint density at radius 3 is 2.72 bits per heavy atom. The zero-order valence-electron chi connectivity index (χ0n) is 10.4. The molecule has 1 aliphatic carbocycles. The first-order valence-corrected chi connectivity index (χ1v) is 6.59. The Bertz CT molecular complexity index is 453. The number of oxime groups is 1. The van der Waals surface area contributed by atoms with Crippen molar-refractivity contribution in [1.29, 1.82) is 0 Å². The topological polar surface area (TPSA) is 38.7 Å². The van der Waals surface area contributed by atoms with Crippen LogP contribution in [0.15, 0.2) is 29.4 Å². The predicted molar refractivity (Wildman–Crippen MR) is 72.1 cm³/mol. The molecule has 1 aromatic rings. The number of benzene rings is 1. The van der Waals surface area contributed by atoms with Crippen LogP contribution in [0.25, 0.3) is 0 Å². The summed E-state index contributed by atoms with van der Waals surface area (Å²) in [5.74, 6) is -0.433. The summed E-state index contributed by atoms with van der Waals surface area (Å²) in [7, 11) is 0. The minimum atomic E-state index is -0.433. The van der Waals surface area contributed by atoms with E-state index in [1.165, 1.54) is 0 Å². The van der Waals surface area contributed by atoms with Gasteiger partial charge < -0.3 is 4.84 Å². The minimum Gasteiger partial charge on any atom is -0.313 e. The predicted octanol–water partition coefficient (Wildman–Crippen LogP) is 3.69. The molecule has 0 aliphatic heterocycles. The second-order valence-electron chi connectivity index (χ2n) is 4.54. The van der Waals surface area contributed by atoms with Gasteiger partial charge in [0.2, 0.25) is 0 Å². The molecule has 4 heteroatoms. The maximum atomic E-state index is 11.7. The van der Waals surface area contributed by atoms with Gasteiger partial charge in [0, 0.05) is 0 Å². The number of aryl methyl sites for hydroxylation is 1. The number of alkyl halides is 1. The first-order chi connectivity index (χ1) is 8.66. The summed E-state index contributed by atoms with van der Waals surface area (Å²) in [4.78, 5) is 16.7. The summed E-state index contributed by atoms with van der Waals surface area (Å²) >= 11 is 6.11. The van der Waals surface area contributed by atoms with Crippen LogP contribution in [0.1, 0.15) is 41.6 Å². The highest BCUT2D eigenvalue weighted by molar-refractivity contribution is 6.32. The van der Waals surface area contributed by atoms with E-state index >= 15 is 0 Å². The van der Waals surface area contributed by atoms with E-state index in [1.54, 1.807) is 12.1 Å². The lowest BCUT2D eigenvalue weighted by molar-refractivity contribution is 0.0514. The number of carbonyl (C=O) groups excluding carboxylic acids is 1. The molecule has 0 aromatic heterocycles. The highest BCUT2D eigenvalue weighted by atomic mass is 35.5. The third-order valence-corrected chi connectivity index (χ3v) is 3.51. The highest BCUT2D eigenvalue weighted by Gasteiger charge is 2.19. The molecule has 0 saturated heterocycles. The number of hydrogen-bond donors (Lipinski definition) is 0. The summed E-state index contributed by atoms with van der Waals surface area (Å²) < 4.78 is 0. The monoisotopic (exact) mass is 265 g/mol. The van der Waals surface area contributed by atoms with Gasteiger partial charge in [0.25, 0.3) is 0 Å². The molecule has 0 spiro atoms. The number of nitrogens with zero attached hydrogens (tertiary/aromatic N) is 1. The Balaban J connectivity index is 1.99. The SMILES string of the molecule is Cc1ccc(C(=O)ON=C2CCCCC2Cl)cc1. The van der Waals surface area contributed by atoms with Crippen LogP contribution >= 0.6 is 11.6 Å². The van der Waals surface area contributed by atoms with Crippen molar-refractivity contribution >= 4 is 23.3 Å². The first kappa shape index (κ1) is 13.1. The van der Waals surface area contributed by atoms with Crippen LogP contribution in [0.3, 0.4) is 0 Å². The van der Waals surface area contributed by atoms with Crippen LogP contribution in [-0.4, -0.2) is 17.1 Å². The third-order valence-electron chi connectivity index (χ3n) is 3.04. The maximum absolute atomic E-state index is 11.7. The first-order valence-electron chi connectivity index (χ1n) is 6.15. The molecular formula is C14H16ClNO2. The molecule has 1 aromatic carbocycles. The van der Waals surface area contributed by atoms with Crippen molar-refractivity contribution < 1.29 is 9.63 Å². The van der Waals surface area contributed by atoms with Crippen LogP contribution in [0.2, 0.25) is 0 Å². The van der Waals surface area contributed by atoms with Crippen LogP contribution in [0, 0.1) is 6.92 Å². The quantitative estimate of drug-likeness (QED) is 0.465. The molecule has 0 bridgehead atoms. The lowest BCUT2D eigenvalue weighted by atomic mass is 9.98. The average Bonchev–Trinajstić information content (AvgIpc) is 2.38. The summed E-state index contributed by atoms with van der Waals surface area (Å²) in [5.41, 5.74) is 2.39. The Hall–Kier alpha value is -1.35. The van der Waals surface area contributed by atoms with E-state index in [1.807, 2.05) is 19.1 Å². The van der Waals surface area contributed by atoms with E-state index in [0.29, 0.717) is 5.56 Å². The second-order valence-corrected chi connectivity index (χ2v) is 5.07. The molecule has 0 amide bonds. The summed E-state index contributed by atoms with van der Waals surface area (Å²) in [6, 6.07) is 7.21. The molecule has 2 rings (SSSR count). The van der Waals surface area contributed by atoms with Gasteiger partial charge in [-0.15, -0.1) is 11.6 Å². The van der Waals surface area contributed by atoms with Gasteiger partial charge in [-0.3, -0.25) is 0 Å². The van der Waals surface area contributed by atoms with Crippen molar-refractivity contribution in [1.82, 2.24) is 0 Å². The van der Waals surface area contributed by atoms with Gasteiger partial charge in [0.15, 0.2) is 0 Å². The molecule has 1 atom stereocenters.